The van der Waals surface area contributed by atoms with E-state index in [1.807, 2.05) is 30.8 Å². The highest BCUT2D eigenvalue weighted by atomic mass is 32.1. The van der Waals surface area contributed by atoms with Crippen LogP contribution in [0.5, 0.6) is 0 Å². The molecule has 0 amide bonds. The molecule has 0 aliphatic carbocycles. The predicted molar refractivity (Wildman–Crippen MR) is 136 cm³/mol. The highest BCUT2D eigenvalue weighted by molar-refractivity contribution is 7.22. The van der Waals surface area contributed by atoms with Crippen LogP contribution in [0.3, 0.4) is 0 Å². The summed E-state index contributed by atoms with van der Waals surface area (Å²) in [7, 11) is 5.39. The van der Waals surface area contributed by atoms with Crippen LogP contribution in [0.2, 0.25) is 0 Å². The maximum absolute atomic E-state index is 14.9. The first-order valence-corrected chi connectivity index (χ1v) is 12.2. The molecule has 1 saturated heterocycles. The van der Waals surface area contributed by atoms with Gasteiger partial charge < -0.3 is 20.0 Å². The molecule has 1 aliphatic rings. The molecule has 5 rings (SSSR count). The highest BCUT2D eigenvalue weighted by Crippen LogP contribution is 2.37. The average Bonchev–Trinajstić information content (AvgIpc) is 3.28. The number of hydrogen-bond acceptors (Lipinski definition) is 9. The lowest BCUT2D eigenvalue weighted by Gasteiger charge is -2.37. The van der Waals surface area contributed by atoms with Crippen LogP contribution in [0.25, 0.3) is 21.6 Å². The van der Waals surface area contributed by atoms with Crippen molar-refractivity contribution < 1.29 is 13.5 Å². The first-order chi connectivity index (χ1) is 17.2. The lowest BCUT2D eigenvalue weighted by molar-refractivity contribution is -0.0181. The second kappa shape index (κ2) is 9.43. The molecular formula is C24H25F2N7O2S. The third-order valence-corrected chi connectivity index (χ3v) is 7.11. The van der Waals surface area contributed by atoms with Crippen LogP contribution in [0.15, 0.2) is 41.3 Å². The Balaban J connectivity index is 1.60. The van der Waals surface area contributed by atoms with Crippen molar-refractivity contribution in [2.45, 2.75) is 19.1 Å². The maximum Gasteiger partial charge on any atom is 0.268 e. The van der Waals surface area contributed by atoms with E-state index in [1.165, 1.54) is 34.2 Å². The van der Waals surface area contributed by atoms with Crippen molar-refractivity contribution in [3.05, 3.63) is 64.1 Å². The number of nitrogens with one attached hydrogen (secondary N) is 1. The number of ether oxygens (including phenoxy) is 1. The van der Waals surface area contributed by atoms with Gasteiger partial charge in [-0.1, -0.05) is 11.3 Å². The van der Waals surface area contributed by atoms with E-state index >= 15 is 0 Å². The highest BCUT2D eigenvalue weighted by Gasteiger charge is 2.30. The molecule has 1 aliphatic heterocycles. The van der Waals surface area contributed by atoms with Gasteiger partial charge in [-0.3, -0.25) is 4.79 Å². The number of rotatable bonds is 5. The monoisotopic (exact) mass is 513 g/mol. The molecule has 0 unspecified atom stereocenters. The van der Waals surface area contributed by atoms with Gasteiger partial charge in [0.25, 0.3) is 5.56 Å². The molecule has 0 bridgehead atoms. The van der Waals surface area contributed by atoms with Crippen LogP contribution in [-0.4, -0.2) is 60.0 Å². The molecule has 1 fully saturated rings. The topological polar surface area (TPSA) is 88.4 Å². The summed E-state index contributed by atoms with van der Waals surface area (Å²) in [5.74, 6) is -0.991. The normalized spacial score (nSPS) is 18.0. The summed E-state index contributed by atoms with van der Waals surface area (Å²) in [5.41, 5.74) is 4.44. The molecule has 0 radical (unpaired) electrons. The number of nitrogens with zero attached hydrogens (tertiary/aromatic N) is 6. The van der Waals surface area contributed by atoms with Gasteiger partial charge in [0.1, 0.15) is 22.4 Å². The summed E-state index contributed by atoms with van der Waals surface area (Å²) in [6, 6.07) is 6.67. The molecule has 2 atom stereocenters. The van der Waals surface area contributed by atoms with Gasteiger partial charge in [0.2, 0.25) is 5.95 Å². The number of aromatic nitrogens is 4. The fourth-order valence-electron chi connectivity index (χ4n) is 4.17. The van der Waals surface area contributed by atoms with Crippen molar-refractivity contribution in [1.82, 2.24) is 19.6 Å². The van der Waals surface area contributed by atoms with Crippen LogP contribution in [0, 0.1) is 11.6 Å². The van der Waals surface area contributed by atoms with Gasteiger partial charge in [0.05, 0.1) is 18.3 Å². The number of morpholine rings is 1. The molecule has 4 aromatic rings. The first kappa shape index (κ1) is 24.1. The van der Waals surface area contributed by atoms with E-state index < -0.39 is 11.6 Å². The molecule has 9 nitrogen and oxygen atoms in total. The van der Waals surface area contributed by atoms with E-state index in [0.29, 0.717) is 40.2 Å². The third kappa shape index (κ3) is 4.49. The average molecular weight is 514 g/mol. The van der Waals surface area contributed by atoms with Crippen LogP contribution in [-0.2, 0) is 4.74 Å². The van der Waals surface area contributed by atoms with Gasteiger partial charge in [-0.05, 0) is 25.1 Å². The summed E-state index contributed by atoms with van der Waals surface area (Å²) in [6.07, 6.45) is 1.18. The van der Waals surface area contributed by atoms with E-state index in [4.69, 9.17) is 14.7 Å². The molecule has 1 N–H and O–H groups in total. The van der Waals surface area contributed by atoms with E-state index in [2.05, 4.69) is 10.4 Å². The van der Waals surface area contributed by atoms with Gasteiger partial charge in [-0.25, -0.2) is 18.4 Å². The summed E-state index contributed by atoms with van der Waals surface area (Å²) in [5, 5.41) is 0.697. The Kier molecular flexibility index (Phi) is 6.31. The van der Waals surface area contributed by atoms with Crippen molar-refractivity contribution in [3.8, 4) is 11.3 Å². The van der Waals surface area contributed by atoms with Crippen molar-refractivity contribution in [1.29, 1.82) is 0 Å². The Labute approximate surface area is 210 Å². The minimum atomic E-state index is -0.705. The van der Waals surface area contributed by atoms with Gasteiger partial charge in [0, 0.05) is 57.1 Å². The Morgan fingerprint density at radius 2 is 1.94 bits per heavy atom. The summed E-state index contributed by atoms with van der Waals surface area (Å²) in [4.78, 5) is 29.9. The molecule has 0 saturated carbocycles. The number of pyridine rings is 1. The van der Waals surface area contributed by atoms with Gasteiger partial charge in [-0.2, -0.15) is 9.97 Å². The SMILES string of the molecule is CNn1cc([C@H]2CN(c3nc(-c4ccc(F)cc4F)c4sc(N(C)C)nc4n3)C[C@@H](C)O2)ccc1=O. The fourth-order valence-corrected chi connectivity index (χ4v) is 5.10. The van der Waals surface area contributed by atoms with E-state index in [9.17, 15) is 13.6 Å². The molecule has 12 heteroatoms. The minimum Gasteiger partial charge on any atom is -0.367 e. The zero-order valence-corrected chi connectivity index (χ0v) is 21.0. The number of halogens is 2. The number of fused-ring (bicyclic) bond motifs is 1. The summed E-state index contributed by atoms with van der Waals surface area (Å²) < 4.78 is 36.7. The standard InChI is InChI=1S/C24H25F2N7O2S/c1-13-10-32(12-18(35-13)14-5-8-19(34)33(11-14)27-2)23-28-20(16-7-6-15(25)9-17(16)26)21-22(29-23)30-24(36-21)31(3)4/h5-9,11,13,18,27H,10,12H2,1-4H3/t13-,18-/m1/s1. The summed E-state index contributed by atoms with van der Waals surface area (Å²) in [6.45, 7) is 2.86. The second-order valence-corrected chi connectivity index (χ2v) is 9.75. The lowest BCUT2D eigenvalue weighted by atomic mass is 10.1. The van der Waals surface area contributed by atoms with Crippen molar-refractivity contribution in [3.63, 3.8) is 0 Å². The zero-order valence-electron chi connectivity index (χ0n) is 20.2. The van der Waals surface area contributed by atoms with Crippen LogP contribution in [0.1, 0.15) is 18.6 Å². The smallest absolute Gasteiger partial charge is 0.268 e. The van der Waals surface area contributed by atoms with Crippen LogP contribution in [0.4, 0.5) is 19.9 Å². The van der Waals surface area contributed by atoms with Crippen molar-refractivity contribution in [2.24, 2.45) is 0 Å². The maximum atomic E-state index is 14.9. The Bertz CT molecular complexity index is 1490. The molecule has 3 aromatic heterocycles. The Morgan fingerprint density at radius 3 is 2.67 bits per heavy atom. The van der Waals surface area contributed by atoms with E-state index in [1.54, 1.807) is 19.3 Å². The first-order valence-electron chi connectivity index (χ1n) is 11.4. The molecular weight excluding hydrogens is 488 g/mol. The molecule has 0 spiro atoms. The van der Waals surface area contributed by atoms with Gasteiger partial charge >= 0.3 is 0 Å². The van der Waals surface area contributed by atoms with Crippen molar-refractivity contribution in [2.75, 3.05) is 49.5 Å². The van der Waals surface area contributed by atoms with Gasteiger partial charge in [0.15, 0.2) is 10.8 Å². The fraction of sp³-hybridized carbons (Fsp3) is 0.333. The number of hydrogen-bond donors (Lipinski definition) is 1. The summed E-state index contributed by atoms with van der Waals surface area (Å²) >= 11 is 1.35. The number of benzene rings is 1. The third-order valence-electron chi connectivity index (χ3n) is 5.89. The van der Waals surface area contributed by atoms with E-state index in [0.717, 1.165) is 11.6 Å². The Hall–Kier alpha value is -3.64. The van der Waals surface area contributed by atoms with Crippen molar-refractivity contribution >= 4 is 32.8 Å². The van der Waals surface area contributed by atoms with Gasteiger partial charge in [-0.15, -0.1) is 0 Å². The lowest BCUT2D eigenvalue weighted by Crippen LogP contribution is -2.44. The van der Waals surface area contributed by atoms with Crippen LogP contribution >= 0.6 is 11.3 Å². The molecule has 4 heterocycles. The Morgan fingerprint density at radius 1 is 1.14 bits per heavy atom. The molecule has 1 aromatic carbocycles. The zero-order chi connectivity index (χ0) is 25.6. The number of anilines is 2. The largest absolute Gasteiger partial charge is 0.367 e. The molecule has 36 heavy (non-hydrogen) atoms. The molecule has 188 valence electrons. The minimum absolute atomic E-state index is 0.170. The quantitative estimate of drug-likeness (QED) is 0.435. The second-order valence-electron chi connectivity index (χ2n) is 8.77. The van der Waals surface area contributed by atoms with Crippen LogP contribution < -0.4 is 20.8 Å². The predicted octanol–water partition coefficient (Wildman–Crippen LogP) is 3.40. The van der Waals surface area contributed by atoms with E-state index in [-0.39, 0.29) is 23.3 Å². The number of thiazole rings is 1.